The smallest absolute Gasteiger partial charge is 0.244 e. The van der Waals surface area contributed by atoms with Crippen LogP contribution in [0.25, 0.3) is 0 Å². The molecule has 0 aliphatic heterocycles. The average Bonchev–Trinajstić information content (AvgIpc) is 2.81. The standard InChI is InChI=1S/C25H34ClN3O5S/c1-6-21(25(31)27-15-18(2)3)28(16-19-11-13-20(26)14-12-19)24(30)17-29(35(5,32)33)22-9-7-8-10-23(22)34-4/h7-14,18,21H,6,15-17H2,1-5H3,(H,27,31)/t21-/m1/s1. The van der Waals surface area contributed by atoms with Crippen molar-refractivity contribution in [2.75, 3.05) is 30.8 Å². The molecule has 0 heterocycles. The first-order chi connectivity index (χ1) is 16.5. The van der Waals surface area contributed by atoms with E-state index in [1.165, 1.54) is 12.0 Å². The number of amides is 2. The number of para-hydroxylation sites is 2. The van der Waals surface area contributed by atoms with Gasteiger partial charge in [0.2, 0.25) is 21.8 Å². The number of carbonyl (C=O) groups excluding carboxylic acids is 2. The summed E-state index contributed by atoms with van der Waals surface area (Å²) in [5.41, 5.74) is 1.01. The minimum Gasteiger partial charge on any atom is -0.495 e. The van der Waals surface area contributed by atoms with Crippen LogP contribution in [-0.4, -0.2) is 57.6 Å². The molecule has 2 aromatic carbocycles. The van der Waals surface area contributed by atoms with E-state index in [1.54, 1.807) is 48.5 Å². The fourth-order valence-corrected chi connectivity index (χ4v) is 4.54. The highest BCUT2D eigenvalue weighted by molar-refractivity contribution is 7.92. The van der Waals surface area contributed by atoms with E-state index in [0.29, 0.717) is 23.7 Å². The van der Waals surface area contributed by atoms with Crippen molar-refractivity contribution in [1.82, 2.24) is 10.2 Å². The van der Waals surface area contributed by atoms with Gasteiger partial charge in [0.1, 0.15) is 18.3 Å². The molecular weight excluding hydrogens is 490 g/mol. The molecule has 10 heteroatoms. The molecule has 1 N–H and O–H groups in total. The number of nitrogens with one attached hydrogen (secondary N) is 1. The van der Waals surface area contributed by atoms with Gasteiger partial charge in [-0.15, -0.1) is 0 Å². The van der Waals surface area contributed by atoms with Gasteiger partial charge in [0, 0.05) is 18.1 Å². The fraction of sp³-hybridized carbons (Fsp3) is 0.440. The molecule has 0 bridgehead atoms. The Morgan fingerprint density at radius 1 is 1.09 bits per heavy atom. The predicted molar refractivity (Wildman–Crippen MR) is 139 cm³/mol. The first-order valence-electron chi connectivity index (χ1n) is 11.4. The Morgan fingerprint density at radius 3 is 2.26 bits per heavy atom. The van der Waals surface area contributed by atoms with Crippen LogP contribution in [0.1, 0.15) is 32.8 Å². The Morgan fingerprint density at radius 2 is 1.71 bits per heavy atom. The number of carbonyl (C=O) groups is 2. The van der Waals surface area contributed by atoms with E-state index in [4.69, 9.17) is 16.3 Å². The molecule has 0 aromatic heterocycles. The summed E-state index contributed by atoms with van der Waals surface area (Å²) in [5.74, 6) is -0.241. The second-order valence-corrected chi connectivity index (χ2v) is 11.0. The largest absolute Gasteiger partial charge is 0.495 e. The lowest BCUT2D eigenvalue weighted by Gasteiger charge is -2.33. The maximum Gasteiger partial charge on any atom is 0.244 e. The number of sulfonamides is 1. The van der Waals surface area contributed by atoms with Gasteiger partial charge in [-0.3, -0.25) is 13.9 Å². The molecule has 0 saturated heterocycles. The van der Waals surface area contributed by atoms with Crippen LogP contribution in [0.3, 0.4) is 0 Å². The third kappa shape index (κ3) is 8.14. The second-order valence-electron chi connectivity index (χ2n) is 8.65. The third-order valence-electron chi connectivity index (χ3n) is 5.37. The highest BCUT2D eigenvalue weighted by Crippen LogP contribution is 2.29. The monoisotopic (exact) mass is 523 g/mol. The van der Waals surface area contributed by atoms with Gasteiger partial charge in [-0.1, -0.05) is 56.6 Å². The van der Waals surface area contributed by atoms with Gasteiger partial charge in [0.15, 0.2) is 0 Å². The Bertz CT molecular complexity index is 1110. The van der Waals surface area contributed by atoms with Crippen molar-refractivity contribution in [3.05, 3.63) is 59.1 Å². The van der Waals surface area contributed by atoms with E-state index in [-0.39, 0.29) is 24.1 Å². The van der Waals surface area contributed by atoms with Crippen molar-refractivity contribution < 1.29 is 22.7 Å². The first kappa shape index (κ1) is 28.5. The topological polar surface area (TPSA) is 96.0 Å². The number of ether oxygens (including phenoxy) is 1. The maximum atomic E-state index is 13.7. The molecule has 0 aliphatic carbocycles. The van der Waals surface area contributed by atoms with E-state index in [0.717, 1.165) is 16.1 Å². The Hall–Kier alpha value is -2.78. The van der Waals surface area contributed by atoms with Crippen LogP contribution in [0.15, 0.2) is 48.5 Å². The number of rotatable bonds is 12. The van der Waals surface area contributed by atoms with Crippen molar-refractivity contribution in [2.24, 2.45) is 5.92 Å². The SMILES string of the molecule is CC[C@H](C(=O)NCC(C)C)N(Cc1ccc(Cl)cc1)C(=O)CN(c1ccccc1OC)S(C)(=O)=O. The zero-order valence-electron chi connectivity index (χ0n) is 20.8. The molecule has 192 valence electrons. The lowest BCUT2D eigenvalue weighted by atomic mass is 10.1. The van der Waals surface area contributed by atoms with Gasteiger partial charge >= 0.3 is 0 Å². The van der Waals surface area contributed by atoms with E-state index in [9.17, 15) is 18.0 Å². The van der Waals surface area contributed by atoms with Gasteiger partial charge in [-0.05, 0) is 42.2 Å². The number of methoxy groups -OCH3 is 1. The second kappa shape index (κ2) is 12.8. The molecule has 0 aliphatic rings. The summed E-state index contributed by atoms with van der Waals surface area (Å²) >= 11 is 6.01. The van der Waals surface area contributed by atoms with E-state index in [1.807, 2.05) is 20.8 Å². The third-order valence-corrected chi connectivity index (χ3v) is 6.75. The van der Waals surface area contributed by atoms with Gasteiger partial charge in [-0.2, -0.15) is 0 Å². The van der Waals surface area contributed by atoms with E-state index in [2.05, 4.69) is 5.32 Å². The molecule has 2 aromatic rings. The van der Waals surface area contributed by atoms with Crippen molar-refractivity contribution in [1.29, 1.82) is 0 Å². The molecule has 0 unspecified atom stereocenters. The van der Waals surface area contributed by atoms with Gasteiger partial charge < -0.3 is 15.0 Å². The zero-order chi connectivity index (χ0) is 26.2. The lowest BCUT2D eigenvalue weighted by Crippen LogP contribution is -2.52. The quantitative estimate of drug-likeness (QED) is 0.457. The van der Waals surface area contributed by atoms with Crippen molar-refractivity contribution in [3.8, 4) is 5.75 Å². The molecule has 0 fully saturated rings. The maximum absolute atomic E-state index is 13.7. The lowest BCUT2D eigenvalue weighted by molar-refractivity contribution is -0.140. The molecule has 2 amide bonds. The summed E-state index contributed by atoms with van der Waals surface area (Å²) in [6.07, 6.45) is 1.39. The van der Waals surface area contributed by atoms with Gasteiger partial charge in [0.25, 0.3) is 0 Å². The van der Waals surface area contributed by atoms with E-state index < -0.39 is 28.5 Å². The summed E-state index contributed by atoms with van der Waals surface area (Å²) in [6, 6.07) is 12.8. The first-order valence-corrected chi connectivity index (χ1v) is 13.6. The minimum absolute atomic E-state index is 0.118. The van der Waals surface area contributed by atoms with Gasteiger partial charge in [-0.25, -0.2) is 8.42 Å². The number of benzene rings is 2. The molecule has 1 atom stereocenters. The number of hydrogen-bond donors (Lipinski definition) is 1. The summed E-state index contributed by atoms with van der Waals surface area (Å²) in [6.45, 7) is 5.88. The fourth-order valence-electron chi connectivity index (χ4n) is 3.56. The normalized spacial score (nSPS) is 12.2. The van der Waals surface area contributed by atoms with Gasteiger partial charge in [0.05, 0.1) is 19.1 Å². The van der Waals surface area contributed by atoms with Crippen molar-refractivity contribution >= 4 is 39.1 Å². The number of halogens is 1. The summed E-state index contributed by atoms with van der Waals surface area (Å²) in [4.78, 5) is 28.1. The number of hydrogen-bond acceptors (Lipinski definition) is 5. The van der Waals surface area contributed by atoms with Crippen LogP contribution in [-0.2, 0) is 26.2 Å². The van der Waals surface area contributed by atoms with Crippen molar-refractivity contribution in [3.63, 3.8) is 0 Å². The van der Waals surface area contributed by atoms with Crippen LogP contribution in [0.4, 0.5) is 5.69 Å². The minimum atomic E-state index is -3.84. The number of anilines is 1. The van der Waals surface area contributed by atoms with Crippen LogP contribution < -0.4 is 14.4 Å². The van der Waals surface area contributed by atoms with Crippen molar-refractivity contribution in [2.45, 2.75) is 39.8 Å². The summed E-state index contributed by atoms with van der Waals surface area (Å²) in [5, 5.41) is 3.44. The predicted octanol–water partition coefficient (Wildman–Crippen LogP) is 3.69. The molecule has 0 radical (unpaired) electrons. The highest BCUT2D eigenvalue weighted by Gasteiger charge is 2.32. The molecular formula is C25H34ClN3O5S. The molecule has 2 rings (SSSR count). The summed E-state index contributed by atoms with van der Waals surface area (Å²) in [7, 11) is -2.41. The Labute approximate surface area is 213 Å². The molecule has 35 heavy (non-hydrogen) atoms. The summed E-state index contributed by atoms with van der Waals surface area (Å²) < 4.78 is 31.7. The Kier molecular flexibility index (Phi) is 10.4. The molecule has 0 saturated carbocycles. The van der Waals surface area contributed by atoms with Crippen LogP contribution in [0.2, 0.25) is 5.02 Å². The molecule has 0 spiro atoms. The van der Waals surface area contributed by atoms with Crippen LogP contribution >= 0.6 is 11.6 Å². The number of nitrogens with zero attached hydrogens (tertiary/aromatic N) is 2. The van der Waals surface area contributed by atoms with Crippen LogP contribution in [0, 0.1) is 5.92 Å². The Balaban J connectivity index is 2.44. The van der Waals surface area contributed by atoms with Crippen LogP contribution in [0.5, 0.6) is 5.75 Å². The molecule has 8 nitrogen and oxygen atoms in total. The average molecular weight is 524 g/mol. The van der Waals surface area contributed by atoms with E-state index >= 15 is 0 Å². The highest BCUT2D eigenvalue weighted by atomic mass is 35.5. The zero-order valence-corrected chi connectivity index (χ0v) is 22.4.